The quantitative estimate of drug-likeness (QED) is 0.842. The largest absolute Gasteiger partial charge is 0.297 e. The third-order valence-electron chi connectivity index (χ3n) is 4.08. The number of nitrogens with zero attached hydrogens (tertiary/aromatic N) is 3. The van der Waals surface area contributed by atoms with Crippen molar-refractivity contribution in [3.8, 4) is 6.07 Å². The topological polar surface area (TPSA) is 64.4 Å². The molecule has 1 saturated heterocycles. The smallest absolute Gasteiger partial charge is 0.211 e. The summed E-state index contributed by atoms with van der Waals surface area (Å²) >= 11 is 0. The van der Waals surface area contributed by atoms with Crippen LogP contribution in [0.4, 0.5) is 4.39 Å². The van der Waals surface area contributed by atoms with Gasteiger partial charge >= 0.3 is 0 Å². The zero-order valence-corrected chi connectivity index (χ0v) is 13.6. The molecule has 0 aliphatic carbocycles. The molecule has 1 aliphatic rings. The van der Waals surface area contributed by atoms with Crippen molar-refractivity contribution in [2.45, 2.75) is 25.4 Å². The molecule has 1 heterocycles. The first-order valence-corrected chi connectivity index (χ1v) is 9.00. The first-order valence-electron chi connectivity index (χ1n) is 7.15. The molecule has 120 valence electrons. The van der Waals surface area contributed by atoms with E-state index in [1.807, 2.05) is 6.07 Å². The lowest BCUT2D eigenvalue weighted by Crippen LogP contribution is -2.47. The van der Waals surface area contributed by atoms with Crippen molar-refractivity contribution in [1.29, 1.82) is 5.26 Å². The Balaban J connectivity index is 2.06. The lowest BCUT2D eigenvalue weighted by Gasteiger charge is -2.36. The molecule has 1 atom stereocenters. The molecule has 0 N–H and O–H groups in total. The molecule has 1 fully saturated rings. The van der Waals surface area contributed by atoms with Crippen molar-refractivity contribution in [2.24, 2.45) is 0 Å². The molecule has 1 aromatic rings. The van der Waals surface area contributed by atoms with Gasteiger partial charge in [0.15, 0.2) is 0 Å². The number of hydrogen-bond acceptors (Lipinski definition) is 4. The fourth-order valence-electron chi connectivity index (χ4n) is 2.76. The van der Waals surface area contributed by atoms with Crippen LogP contribution in [0.5, 0.6) is 0 Å². The minimum absolute atomic E-state index is 0.0410. The van der Waals surface area contributed by atoms with Crippen molar-refractivity contribution in [3.63, 3.8) is 0 Å². The standard InChI is InChI=1S/C15H20FN3O2S/c1-18(22(2,20)21)14-4-3-7-19(11-14)10-12-5-6-15(16)13(8-12)9-17/h5-6,8,14H,3-4,7,10-11H2,1-2H3. The zero-order chi connectivity index (χ0) is 16.3. The van der Waals surface area contributed by atoms with Crippen LogP contribution in [0.25, 0.3) is 0 Å². The highest BCUT2D eigenvalue weighted by Crippen LogP contribution is 2.19. The summed E-state index contributed by atoms with van der Waals surface area (Å²) in [6.45, 7) is 2.10. The Morgan fingerprint density at radius 3 is 2.86 bits per heavy atom. The van der Waals surface area contributed by atoms with E-state index in [2.05, 4.69) is 4.90 Å². The summed E-state index contributed by atoms with van der Waals surface area (Å²) < 4.78 is 38.1. The van der Waals surface area contributed by atoms with Crippen molar-refractivity contribution >= 4 is 10.0 Å². The summed E-state index contributed by atoms with van der Waals surface area (Å²) in [6, 6.07) is 6.32. The molecule has 5 nitrogen and oxygen atoms in total. The number of likely N-dealkylation sites (N-methyl/N-ethyl adjacent to an activating group) is 1. The minimum atomic E-state index is -3.20. The predicted molar refractivity (Wildman–Crippen MR) is 82.0 cm³/mol. The van der Waals surface area contributed by atoms with E-state index in [1.165, 1.54) is 16.6 Å². The molecule has 7 heteroatoms. The van der Waals surface area contributed by atoms with Gasteiger partial charge in [0, 0.05) is 26.2 Å². The zero-order valence-electron chi connectivity index (χ0n) is 12.8. The third-order valence-corrected chi connectivity index (χ3v) is 5.42. The SMILES string of the molecule is CN(C1CCCN(Cc2ccc(F)c(C#N)c2)C1)S(C)(=O)=O. The van der Waals surface area contributed by atoms with E-state index < -0.39 is 15.8 Å². The summed E-state index contributed by atoms with van der Waals surface area (Å²) in [4.78, 5) is 2.14. The lowest BCUT2D eigenvalue weighted by molar-refractivity contribution is 0.153. The van der Waals surface area contributed by atoms with E-state index in [9.17, 15) is 12.8 Å². The highest BCUT2D eigenvalue weighted by molar-refractivity contribution is 7.88. The molecular weight excluding hydrogens is 305 g/mol. The van der Waals surface area contributed by atoms with E-state index in [0.29, 0.717) is 13.1 Å². The molecule has 0 spiro atoms. The highest BCUT2D eigenvalue weighted by Gasteiger charge is 2.27. The van der Waals surface area contributed by atoms with Gasteiger partial charge in [-0.2, -0.15) is 5.26 Å². The average molecular weight is 325 g/mol. The van der Waals surface area contributed by atoms with Gasteiger partial charge in [0.2, 0.25) is 10.0 Å². The number of likely N-dealkylation sites (tertiary alicyclic amines) is 1. The van der Waals surface area contributed by atoms with Crippen LogP contribution < -0.4 is 0 Å². The van der Waals surface area contributed by atoms with Gasteiger partial charge in [0.1, 0.15) is 11.9 Å². The fourth-order valence-corrected chi connectivity index (χ4v) is 3.47. The number of hydrogen-bond donors (Lipinski definition) is 0. The number of benzene rings is 1. The second-order valence-corrected chi connectivity index (χ2v) is 7.78. The second-order valence-electron chi connectivity index (χ2n) is 5.74. The van der Waals surface area contributed by atoms with Crippen LogP contribution in [-0.2, 0) is 16.6 Å². The van der Waals surface area contributed by atoms with Crippen LogP contribution >= 0.6 is 0 Å². The van der Waals surface area contributed by atoms with Crippen molar-refractivity contribution in [3.05, 3.63) is 35.1 Å². The molecule has 0 bridgehead atoms. The second kappa shape index (κ2) is 6.73. The molecule has 22 heavy (non-hydrogen) atoms. The van der Waals surface area contributed by atoms with E-state index in [1.54, 1.807) is 19.2 Å². The number of piperidine rings is 1. The molecule has 0 radical (unpaired) electrons. The predicted octanol–water partition coefficient (Wildman–Crippen LogP) is 1.55. The molecule has 0 aromatic heterocycles. The van der Waals surface area contributed by atoms with Crippen molar-refractivity contribution in [2.75, 3.05) is 26.4 Å². The number of nitriles is 1. The average Bonchev–Trinajstić information content (AvgIpc) is 2.48. The van der Waals surface area contributed by atoms with Gasteiger partial charge in [-0.25, -0.2) is 17.1 Å². The van der Waals surface area contributed by atoms with E-state index in [4.69, 9.17) is 5.26 Å². The molecular formula is C15H20FN3O2S. The lowest BCUT2D eigenvalue weighted by atomic mass is 10.0. The Kier molecular flexibility index (Phi) is 5.16. The first-order chi connectivity index (χ1) is 10.3. The van der Waals surface area contributed by atoms with Crippen molar-refractivity contribution in [1.82, 2.24) is 9.21 Å². The molecule has 0 amide bonds. The molecule has 1 aromatic carbocycles. The third kappa shape index (κ3) is 4.03. The van der Waals surface area contributed by atoms with Crippen LogP contribution in [-0.4, -0.2) is 50.1 Å². The van der Waals surface area contributed by atoms with Gasteiger partial charge in [-0.15, -0.1) is 0 Å². The summed E-state index contributed by atoms with van der Waals surface area (Å²) in [7, 11) is -1.59. The van der Waals surface area contributed by atoms with Crippen LogP contribution in [0, 0.1) is 17.1 Å². The molecule has 0 saturated carbocycles. The molecule has 2 rings (SSSR count). The van der Waals surface area contributed by atoms with E-state index >= 15 is 0 Å². The van der Waals surface area contributed by atoms with Crippen molar-refractivity contribution < 1.29 is 12.8 Å². The normalized spacial score (nSPS) is 20.0. The van der Waals surface area contributed by atoms with Crippen LogP contribution in [0.3, 0.4) is 0 Å². The van der Waals surface area contributed by atoms with Gasteiger partial charge in [0.05, 0.1) is 11.8 Å². The Morgan fingerprint density at radius 2 is 2.23 bits per heavy atom. The van der Waals surface area contributed by atoms with E-state index in [-0.39, 0.29) is 11.6 Å². The summed E-state index contributed by atoms with van der Waals surface area (Å²) in [6.07, 6.45) is 2.97. The van der Waals surface area contributed by atoms with Gasteiger partial charge < -0.3 is 0 Å². The molecule has 1 unspecified atom stereocenters. The van der Waals surface area contributed by atoms with Gasteiger partial charge in [-0.05, 0) is 37.1 Å². The Labute approximate surface area is 131 Å². The number of sulfonamides is 1. The maximum Gasteiger partial charge on any atom is 0.211 e. The maximum absolute atomic E-state index is 13.3. The van der Waals surface area contributed by atoms with Crippen LogP contribution in [0.1, 0.15) is 24.0 Å². The van der Waals surface area contributed by atoms with Gasteiger partial charge in [-0.3, -0.25) is 4.90 Å². The van der Waals surface area contributed by atoms with Gasteiger partial charge in [0.25, 0.3) is 0 Å². The Bertz CT molecular complexity index is 685. The van der Waals surface area contributed by atoms with Crippen LogP contribution in [0.2, 0.25) is 0 Å². The maximum atomic E-state index is 13.3. The van der Waals surface area contributed by atoms with Crippen LogP contribution in [0.15, 0.2) is 18.2 Å². The minimum Gasteiger partial charge on any atom is -0.297 e. The van der Waals surface area contributed by atoms with E-state index in [0.717, 1.165) is 24.9 Å². The fraction of sp³-hybridized carbons (Fsp3) is 0.533. The highest BCUT2D eigenvalue weighted by atomic mass is 32.2. The first kappa shape index (κ1) is 16.9. The molecule has 1 aliphatic heterocycles. The monoisotopic (exact) mass is 325 g/mol. The number of halogens is 1. The Morgan fingerprint density at radius 1 is 1.50 bits per heavy atom. The summed E-state index contributed by atoms with van der Waals surface area (Å²) in [5.74, 6) is -0.514. The van der Waals surface area contributed by atoms with Gasteiger partial charge in [-0.1, -0.05) is 6.07 Å². The number of rotatable bonds is 4. The summed E-state index contributed by atoms with van der Waals surface area (Å²) in [5.41, 5.74) is 0.903. The summed E-state index contributed by atoms with van der Waals surface area (Å²) in [5, 5.41) is 8.88. The Hall–Kier alpha value is -1.49.